The summed E-state index contributed by atoms with van der Waals surface area (Å²) >= 11 is 5.05. The molecule has 0 bridgehead atoms. The van der Waals surface area contributed by atoms with Crippen LogP contribution in [0.1, 0.15) is 22.0 Å². The van der Waals surface area contributed by atoms with Gasteiger partial charge in [0.1, 0.15) is 5.82 Å². The summed E-state index contributed by atoms with van der Waals surface area (Å²) in [4.78, 5) is 1.04. The number of hydrogen-bond acceptors (Lipinski definition) is 2. The zero-order valence-electron chi connectivity index (χ0n) is 8.71. The van der Waals surface area contributed by atoms with E-state index in [1.807, 2.05) is 19.1 Å². The van der Waals surface area contributed by atoms with E-state index in [0.717, 1.165) is 19.8 Å². The van der Waals surface area contributed by atoms with Crippen LogP contribution >= 0.6 is 27.3 Å². The van der Waals surface area contributed by atoms with Crippen LogP contribution in [0.4, 0.5) is 4.39 Å². The van der Waals surface area contributed by atoms with Crippen molar-refractivity contribution in [3.8, 4) is 0 Å². The second-order valence-electron chi connectivity index (χ2n) is 3.64. The molecule has 4 heteroatoms. The first-order valence-corrected chi connectivity index (χ1v) is 6.46. The Labute approximate surface area is 106 Å². The highest BCUT2D eigenvalue weighted by molar-refractivity contribution is 9.11. The minimum atomic E-state index is -0.259. The quantitative estimate of drug-likeness (QED) is 0.891. The zero-order valence-corrected chi connectivity index (χ0v) is 11.1. The SMILES string of the molecule is Cc1cc(C(N)c2cccc(F)c2)sc1Br. The van der Waals surface area contributed by atoms with Gasteiger partial charge in [-0.05, 0) is 52.2 Å². The van der Waals surface area contributed by atoms with E-state index in [1.165, 1.54) is 12.1 Å². The number of benzene rings is 1. The number of nitrogens with two attached hydrogens (primary N) is 1. The summed E-state index contributed by atoms with van der Waals surface area (Å²) in [6.45, 7) is 2.02. The van der Waals surface area contributed by atoms with Crippen molar-refractivity contribution in [3.05, 3.63) is 55.9 Å². The Bertz CT molecular complexity index is 490. The number of aryl methyl sites for hydroxylation is 1. The van der Waals surface area contributed by atoms with E-state index in [1.54, 1.807) is 17.4 Å². The lowest BCUT2D eigenvalue weighted by Crippen LogP contribution is -2.10. The molecule has 0 aliphatic carbocycles. The maximum Gasteiger partial charge on any atom is 0.123 e. The van der Waals surface area contributed by atoms with Crippen molar-refractivity contribution in [2.24, 2.45) is 5.73 Å². The Hall–Kier alpha value is -0.710. The van der Waals surface area contributed by atoms with Gasteiger partial charge in [0.2, 0.25) is 0 Å². The van der Waals surface area contributed by atoms with Gasteiger partial charge in [0.05, 0.1) is 9.83 Å². The number of halogens is 2. The molecule has 2 rings (SSSR count). The Balaban J connectivity index is 2.35. The average Bonchev–Trinajstić information content (AvgIpc) is 2.58. The Morgan fingerprint density at radius 1 is 1.38 bits per heavy atom. The second kappa shape index (κ2) is 4.65. The molecule has 0 aliphatic rings. The highest BCUT2D eigenvalue weighted by Gasteiger charge is 2.13. The zero-order chi connectivity index (χ0) is 11.7. The maximum atomic E-state index is 13.1. The Kier molecular flexibility index (Phi) is 3.42. The summed E-state index contributed by atoms with van der Waals surface area (Å²) in [6, 6.07) is 8.20. The van der Waals surface area contributed by atoms with Gasteiger partial charge >= 0.3 is 0 Å². The van der Waals surface area contributed by atoms with E-state index >= 15 is 0 Å². The van der Waals surface area contributed by atoms with Gasteiger partial charge in [-0.1, -0.05) is 12.1 Å². The molecule has 1 heterocycles. The summed E-state index contributed by atoms with van der Waals surface area (Å²) in [7, 11) is 0. The molecule has 0 amide bonds. The van der Waals surface area contributed by atoms with E-state index in [-0.39, 0.29) is 11.9 Å². The normalized spacial score (nSPS) is 12.8. The fraction of sp³-hybridized carbons (Fsp3) is 0.167. The molecule has 1 unspecified atom stereocenters. The number of hydrogen-bond donors (Lipinski definition) is 1. The van der Waals surface area contributed by atoms with Gasteiger partial charge in [0, 0.05) is 4.88 Å². The molecule has 1 aromatic heterocycles. The molecule has 0 spiro atoms. The molecule has 0 saturated heterocycles. The molecule has 2 N–H and O–H groups in total. The molecule has 16 heavy (non-hydrogen) atoms. The van der Waals surface area contributed by atoms with Crippen LogP contribution in [0.5, 0.6) is 0 Å². The predicted octanol–water partition coefficient (Wildman–Crippen LogP) is 4.01. The van der Waals surface area contributed by atoms with Crippen LogP contribution in [0.3, 0.4) is 0 Å². The van der Waals surface area contributed by atoms with E-state index in [2.05, 4.69) is 15.9 Å². The molecule has 1 atom stereocenters. The standard InChI is InChI=1S/C12H11BrFNS/c1-7-5-10(16-12(7)13)11(15)8-3-2-4-9(14)6-8/h2-6,11H,15H2,1H3. The van der Waals surface area contributed by atoms with Crippen LogP contribution in [-0.2, 0) is 0 Å². The van der Waals surface area contributed by atoms with Crippen molar-refractivity contribution in [2.75, 3.05) is 0 Å². The first-order valence-electron chi connectivity index (χ1n) is 4.85. The third-order valence-electron chi connectivity index (χ3n) is 2.39. The van der Waals surface area contributed by atoms with Crippen LogP contribution in [0.15, 0.2) is 34.1 Å². The van der Waals surface area contributed by atoms with Crippen molar-refractivity contribution in [3.63, 3.8) is 0 Å². The van der Waals surface area contributed by atoms with Crippen LogP contribution in [-0.4, -0.2) is 0 Å². The molecular weight excluding hydrogens is 289 g/mol. The fourth-order valence-electron chi connectivity index (χ4n) is 1.50. The summed E-state index contributed by atoms with van der Waals surface area (Å²) in [5.41, 5.74) is 8.05. The molecular formula is C12H11BrFNS. The van der Waals surface area contributed by atoms with Crippen LogP contribution in [0.2, 0.25) is 0 Å². The van der Waals surface area contributed by atoms with Crippen molar-refractivity contribution < 1.29 is 4.39 Å². The average molecular weight is 300 g/mol. The monoisotopic (exact) mass is 299 g/mol. The van der Waals surface area contributed by atoms with Crippen LogP contribution < -0.4 is 5.73 Å². The van der Waals surface area contributed by atoms with Crippen molar-refractivity contribution in [1.82, 2.24) is 0 Å². The summed E-state index contributed by atoms with van der Waals surface area (Å²) < 4.78 is 14.1. The number of thiophene rings is 1. The van der Waals surface area contributed by atoms with Crippen molar-refractivity contribution in [2.45, 2.75) is 13.0 Å². The smallest absolute Gasteiger partial charge is 0.123 e. The van der Waals surface area contributed by atoms with Crippen molar-refractivity contribution in [1.29, 1.82) is 0 Å². The molecule has 0 fully saturated rings. The molecule has 0 radical (unpaired) electrons. The van der Waals surface area contributed by atoms with E-state index in [9.17, 15) is 4.39 Å². The van der Waals surface area contributed by atoms with Gasteiger partial charge in [-0.3, -0.25) is 0 Å². The molecule has 0 saturated carbocycles. The van der Waals surface area contributed by atoms with Gasteiger partial charge in [-0.2, -0.15) is 0 Å². The lowest BCUT2D eigenvalue weighted by molar-refractivity contribution is 0.624. The third-order valence-corrected chi connectivity index (χ3v) is 4.61. The minimum Gasteiger partial charge on any atom is -0.320 e. The lowest BCUT2D eigenvalue weighted by Gasteiger charge is -2.09. The van der Waals surface area contributed by atoms with E-state index < -0.39 is 0 Å². The van der Waals surface area contributed by atoms with Gasteiger partial charge in [0.15, 0.2) is 0 Å². The topological polar surface area (TPSA) is 26.0 Å². The maximum absolute atomic E-state index is 13.1. The van der Waals surface area contributed by atoms with Gasteiger partial charge in [-0.25, -0.2) is 4.39 Å². The largest absolute Gasteiger partial charge is 0.320 e. The third kappa shape index (κ3) is 2.34. The first-order chi connectivity index (χ1) is 7.58. The van der Waals surface area contributed by atoms with Crippen molar-refractivity contribution >= 4 is 27.3 Å². The number of rotatable bonds is 2. The molecule has 2 aromatic rings. The predicted molar refractivity (Wildman–Crippen MR) is 69.2 cm³/mol. The summed E-state index contributed by atoms with van der Waals surface area (Å²) in [6.07, 6.45) is 0. The lowest BCUT2D eigenvalue weighted by atomic mass is 10.1. The van der Waals surface area contributed by atoms with Gasteiger partial charge in [0.25, 0.3) is 0 Å². The van der Waals surface area contributed by atoms with Gasteiger partial charge in [-0.15, -0.1) is 11.3 Å². The summed E-state index contributed by atoms with van der Waals surface area (Å²) in [5, 5.41) is 0. The molecule has 84 valence electrons. The van der Waals surface area contributed by atoms with Crippen LogP contribution in [0, 0.1) is 12.7 Å². The minimum absolute atomic E-state index is 0.250. The van der Waals surface area contributed by atoms with E-state index in [4.69, 9.17) is 5.73 Å². The Morgan fingerprint density at radius 2 is 2.12 bits per heavy atom. The van der Waals surface area contributed by atoms with E-state index in [0.29, 0.717) is 0 Å². The Morgan fingerprint density at radius 3 is 2.69 bits per heavy atom. The molecule has 1 nitrogen and oxygen atoms in total. The molecule has 1 aromatic carbocycles. The first kappa shape index (κ1) is 11.8. The summed E-state index contributed by atoms with van der Waals surface area (Å²) in [5.74, 6) is -0.250. The van der Waals surface area contributed by atoms with Gasteiger partial charge < -0.3 is 5.73 Å². The highest BCUT2D eigenvalue weighted by Crippen LogP contribution is 2.33. The molecule has 0 aliphatic heterocycles. The highest BCUT2D eigenvalue weighted by atomic mass is 79.9. The van der Waals surface area contributed by atoms with Crippen LogP contribution in [0.25, 0.3) is 0 Å². The fourth-order valence-corrected chi connectivity index (χ4v) is 3.10. The second-order valence-corrected chi connectivity index (χ2v) is 6.04.